The maximum atomic E-state index is 12.5. The van der Waals surface area contributed by atoms with Crippen LogP contribution < -0.4 is 10.1 Å². The third-order valence-electron chi connectivity index (χ3n) is 6.26. The molecule has 264 valence electrons. The van der Waals surface area contributed by atoms with Crippen molar-refractivity contribution in [2.24, 2.45) is 0 Å². The van der Waals surface area contributed by atoms with Crippen molar-refractivity contribution in [3.63, 3.8) is 0 Å². The van der Waals surface area contributed by atoms with Crippen molar-refractivity contribution in [1.82, 2.24) is 5.32 Å². The van der Waals surface area contributed by atoms with E-state index in [1.54, 1.807) is 13.8 Å². The van der Waals surface area contributed by atoms with Gasteiger partial charge in [-0.2, -0.15) is 0 Å². The van der Waals surface area contributed by atoms with Gasteiger partial charge in [0.25, 0.3) is 0 Å². The molecule has 0 unspecified atom stereocenters. The molecule has 1 amide bonds. The summed E-state index contributed by atoms with van der Waals surface area (Å²) >= 11 is 0. The molecule has 0 aromatic heterocycles. The summed E-state index contributed by atoms with van der Waals surface area (Å²) in [4.78, 5) is 83.8. The second kappa shape index (κ2) is 18.9. The molecule has 1 aliphatic rings. The Balaban J connectivity index is 2.19. The molecule has 1 aromatic carbocycles. The van der Waals surface area contributed by atoms with Gasteiger partial charge in [0.2, 0.25) is 12.4 Å². The largest absolute Gasteiger partial charge is 0.463 e. The minimum Gasteiger partial charge on any atom is -0.463 e. The van der Waals surface area contributed by atoms with Crippen molar-refractivity contribution in [2.75, 3.05) is 6.61 Å². The maximum Gasteiger partial charge on any atom is 0.408 e. The van der Waals surface area contributed by atoms with E-state index in [2.05, 4.69) is 5.32 Å². The molecule has 1 aromatic rings. The summed E-state index contributed by atoms with van der Waals surface area (Å²) in [5.41, 5.74) is 0.485. The summed E-state index contributed by atoms with van der Waals surface area (Å²) in [7, 11) is 0. The number of ether oxygens (including phenoxy) is 8. The molecular formula is C31H40N2O15. The number of carbonyl (C=O) groups is 7. The van der Waals surface area contributed by atoms with Crippen LogP contribution in [0.1, 0.15) is 59.9 Å². The minimum atomic E-state index is -1.44. The van der Waals surface area contributed by atoms with Gasteiger partial charge in [0.15, 0.2) is 18.0 Å². The van der Waals surface area contributed by atoms with E-state index in [1.807, 2.05) is 0 Å². The zero-order valence-electron chi connectivity index (χ0n) is 27.4. The molecule has 0 spiro atoms. The Morgan fingerprint density at radius 3 is 1.96 bits per heavy atom. The van der Waals surface area contributed by atoms with Crippen LogP contribution in [0.3, 0.4) is 0 Å². The summed E-state index contributed by atoms with van der Waals surface area (Å²) in [6.07, 6.45) is -7.90. The van der Waals surface area contributed by atoms with Crippen LogP contribution in [0.4, 0.5) is 4.79 Å². The van der Waals surface area contributed by atoms with Gasteiger partial charge in [0.05, 0.1) is 12.3 Å². The highest BCUT2D eigenvalue weighted by Crippen LogP contribution is 2.31. The number of ketones is 1. The summed E-state index contributed by atoms with van der Waals surface area (Å²) < 4.78 is 43.3. The number of hydrogen-bond acceptors (Lipinski definition) is 16. The van der Waals surface area contributed by atoms with E-state index in [4.69, 9.17) is 43.3 Å². The Hall–Kier alpha value is -5.06. The number of Topliss-reactive ketones (excluding diaryl/α,β-unsaturated/α-hetero) is 1. The van der Waals surface area contributed by atoms with E-state index in [1.165, 1.54) is 24.3 Å². The average Bonchev–Trinajstić information content (AvgIpc) is 2.99. The Labute approximate surface area is 276 Å². The number of nitrogens with one attached hydrogen (secondary N) is 2. The van der Waals surface area contributed by atoms with Crippen molar-refractivity contribution in [3.05, 3.63) is 29.8 Å². The number of benzene rings is 1. The van der Waals surface area contributed by atoms with E-state index >= 15 is 0 Å². The predicted molar refractivity (Wildman–Crippen MR) is 160 cm³/mol. The van der Waals surface area contributed by atoms with Gasteiger partial charge in [0, 0.05) is 34.1 Å². The lowest BCUT2D eigenvalue weighted by Gasteiger charge is -2.43. The number of esters is 5. The molecule has 0 bridgehead atoms. The summed E-state index contributed by atoms with van der Waals surface area (Å²) in [5.74, 6) is -4.15. The maximum absolute atomic E-state index is 12.5. The molecule has 1 heterocycles. The number of amides is 1. The van der Waals surface area contributed by atoms with Crippen molar-refractivity contribution >= 4 is 47.9 Å². The van der Waals surface area contributed by atoms with E-state index in [0.717, 1.165) is 27.7 Å². The van der Waals surface area contributed by atoms with Crippen LogP contribution >= 0.6 is 0 Å². The topological polar surface area (TPSA) is 229 Å². The van der Waals surface area contributed by atoms with Crippen molar-refractivity contribution < 1.29 is 71.5 Å². The van der Waals surface area contributed by atoms with Gasteiger partial charge in [-0.15, -0.1) is 0 Å². The first-order chi connectivity index (χ1) is 22.6. The smallest absolute Gasteiger partial charge is 0.408 e. The zero-order valence-corrected chi connectivity index (χ0v) is 27.4. The van der Waals surface area contributed by atoms with E-state index in [9.17, 15) is 33.6 Å². The Morgan fingerprint density at radius 2 is 1.42 bits per heavy atom. The van der Waals surface area contributed by atoms with Gasteiger partial charge in [-0.1, -0.05) is 12.1 Å². The van der Waals surface area contributed by atoms with Crippen molar-refractivity contribution in [1.29, 1.82) is 5.41 Å². The number of alkyl carbamates (subject to hydrolysis) is 1. The van der Waals surface area contributed by atoms with E-state index < -0.39 is 91.2 Å². The second-order valence-electron chi connectivity index (χ2n) is 10.7. The lowest BCUT2D eigenvalue weighted by Crippen LogP contribution is -2.63. The van der Waals surface area contributed by atoms with Crippen LogP contribution in [0.25, 0.3) is 0 Å². The molecule has 0 aliphatic carbocycles. The molecule has 0 saturated carbocycles. The molecule has 17 nitrogen and oxygen atoms in total. The monoisotopic (exact) mass is 680 g/mol. The first kappa shape index (κ1) is 39.1. The fourth-order valence-corrected chi connectivity index (χ4v) is 4.34. The van der Waals surface area contributed by atoms with E-state index in [0.29, 0.717) is 11.8 Å². The fourth-order valence-electron chi connectivity index (χ4n) is 4.34. The molecule has 2 rings (SSSR count). The normalized spacial score (nSPS) is 20.7. The predicted octanol–water partition coefficient (Wildman–Crippen LogP) is 1.69. The molecule has 1 saturated heterocycles. The lowest BCUT2D eigenvalue weighted by atomic mass is 9.98. The van der Waals surface area contributed by atoms with Crippen molar-refractivity contribution in [3.8, 4) is 5.75 Å². The SMILES string of the molecule is CC(=O)OC[C@H]1O[C@H](Oc2ccc(COC(=O)N[C@@H](CCC(=O)C=N)C(=O)OC(C)C)cc2)[C@H](OC(C)=O)[C@@H](OC(C)=O)[C@H]1OC(C)=O. The number of carbonyl (C=O) groups excluding carboxylic acids is 7. The molecule has 1 aliphatic heterocycles. The molecule has 48 heavy (non-hydrogen) atoms. The van der Waals surface area contributed by atoms with Gasteiger partial charge in [-0.05, 0) is 38.0 Å². The average molecular weight is 681 g/mol. The fraction of sp³-hybridized carbons (Fsp3) is 0.548. The number of hydrogen-bond donors (Lipinski definition) is 2. The third-order valence-corrected chi connectivity index (χ3v) is 6.26. The van der Waals surface area contributed by atoms with Gasteiger partial charge >= 0.3 is 35.9 Å². The van der Waals surface area contributed by atoms with E-state index in [-0.39, 0.29) is 25.2 Å². The van der Waals surface area contributed by atoms with Gasteiger partial charge in [-0.3, -0.25) is 24.0 Å². The van der Waals surface area contributed by atoms with Gasteiger partial charge in [0.1, 0.15) is 31.1 Å². The first-order valence-electron chi connectivity index (χ1n) is 14.8. The van der Waals surface area contributed by atoms with Crippen LogP contribution in [0.15, 0.2) is 24.3 Å². The Morgan fingerprint density at radius 1 is 0.833 bits per heavy atom. The molecule has 1 fully saturated rings. The summed E-state index contributed by atoms with van der Waals surface area (Å²) in [5, 5.41) is 9.38. The molecular weight excluding hydrogens is 640 g/mol. The van der Waals surface area contributed by atoms with Crippen LogP contribution in [-0.2, 0) is 68.5 Å². The number of rotatable bonds is 16. The second-order valence-corrected chi connectivity index (χ2v) is 10.7. The van der Waals surface area contributed by atoms with Crippen LogP contribution in [0, 0.1) is 5.41 Å². The van der Waals surface area contributed by atoms with Crippen molar-refractivity contribution in [2.45, 2.75) is 104 Å². The first-order valence-corrected chi connectivity index (χ1v) is 14.8. The zero-order chi connectivity index (χ0) is 36.0. The summed E-state index contributed by atoms with van der Waals surface area (Å²) in [6, 6.07) is 4.82. The Kier molecular flexibility index (Phi) is 15.4. The van der Waals surface area contributed by atoms with Crippen LogP contribution in [0.5, 0.6) is 5.75 Å². The minimum absolute atomic E-state index is 0.0971. The highest BCUT2D eigenvalue weighted by Gasteiger charge is 2.53. The molecule has 0 radical (unpaired) electrons. The summed E-state index contributed by atoms with van der Waals surface area (Å²) in [6.45, 7) is 7.04. The van der Waals surface area contributed by atoms with Crippen LogP contribution in [0.2, 0.25) is 0 Å². The molecule has 2 N–H and O–H groups in total. The highest BCUT2D eigenvalue weighted by atomic mass is 16.7. The highest BCUT2D eigenvalue weighted by molar-refractivity contribution is 6.26. The molecule has 6 atom stereocenters. The standard InChI is InChI=1S/C31H40N2O15/c1-16(2)43-29(39)24(12-9-22(38)13-32)33-31(40)42-14-21-7-10-23(11-8-21)47-30-28(46-20(6)37)27(45-19(5)36)26(44-18(4)35)25(48-30)15-41-17(3)34/h7-8,10-11,13,16,24-28,30,32H,9,12,14-15H2,1-6H3,(H,33,40)/t24-,25+,26-,27-,28+,30-/m0/s1. The third kappa shape index (κ3) is 13.4. The van der Waals surface area contributed by atoms with Gasteiger partial charge < -0.3 is 48.6 Å². The molecule has 17 heteroatoms. The lowest BCUT2D eigenvalue weighted by molar-refractivity contribution is -0.288. The van der Waals surface area contributed by atoms with Crippen LogP contribution in [-0.4, -0.2) is 97.4 Å². The quantitative estimate of drug-likeness (QED) is 0.144. The van der Waals surface area contributed by atoms with Gasteiger partial charge in [-0.25, -0.2) is 9.59 Å². The Bertz CT molecular complexity index is 1330.